The Kier molecular flexibility index (Phi) is 4.26. The number of carbonyl (C=O) groups is 2. The summed E-state index contributed by atoms with van der Waals surface area (Å²) in [6, 6.07) is 6.82. The molecule has 0 saturated heterocycles. The number of carbonyl (C=O) groups excluding carboxylic acids is 2. The molecule has 0 heterocycles. The Labute approximate surface area is 99.9 Å². The van der Waals surface area contributed by atoms with Gasteiger partial charge >= 0.3 is 0 Å². The van der Waals surface area contributed by atoms with Gasteiger partial charge in [0.05, 0.1) is 0 Å². The molecule has 92 valence electrons. The van der Waals surface area contributed by atoms with Crippen LogP contribution in [0.15, 0.2) is 24.3 Å². The normalized spacial score (nSPS) is 14.0. The van der Waals surface area contributed by atoms with Gasteiger partial charge in [0, 0.05) is 17.9 Å². The van der Waals surface area contributed by atoms with E-state index in [1.807, 2.05) is 0 Å². The van der Waals surface area contributed by atoms with E-state index >= 15 is 0 Å². The first-order valence-corrected chi connectivity index (χ1v) is 5.42. The van der Waals surface area contributed by atoms with E-state index in [2.05, 4.69) is 0 Å². The molecule has 0 aliphatic rings. The van der Waals surface area contributed by atoms with Crippen LogP contribution in [0, 0.1) is 5.92 Å². The highest BCUT2D eigenvalue weighted by Crippen LogP contribution is 2.16. The number of carboxylic acid groups (broad SMARTS) is 2. The monoisotopic (exact) mass is 234 g/mol. The molecule has 17 heavy (non-hydrogen) atoms. The van der Waals surface area contributed by atoms with Gasteiger partial charge in [-0.25, -0.2) is 0 Å². The summed E-state index contributed by atoms with van der Waals surface area (Å²) in [4.78, 5) is 21.2. The van der Waals surface area contributed by atoms with Crippen molar-refractivity contribution >= 4 is 11.9 Å². The topological polar surface area (TPSA) is 80.3 Å². The summed E-state index contributed by atoms with van der Waals surface area (Å²) in [6.45, 7) is 3.13. The number of carboxylic acids is 2. The second-order valence-corrected chi connectivity index (χ2v) is 4.21. The maximum Gasteiger partial charge on any atom is 0.0486 e. The van der Waals surface area contributed by atoms with Crippen molar-refractivity contribution in [1.29, 1.82) is 0 Å². The van der Waals surface area contributed by atoms with E-state index in [0.717, 1.165) is 5.56 Å². The van der Waals surface area contributed by atoms with E-state index in [0.29, 0.717) is 12.0 Å². The Bertz CT molecular complexity index is 408. The standard InChI is InChI=1S/C13H16O4/c1-8(12(14)15)7-10-3-5-11(6-4-10)9(2)13(16)17/h3-6,8-9H,7H2,1-2H3,(H,14,15)(H,16,17)/p-2. The van der Waals surface area contributed by atoms with Crippen LogP contribution in [0.4, 0.5) is 0 Å². The smallest absolute Gasteiger partial charge is 0.0486 e. The van der Waals surface area contributed by atoms with Gasteiger partial charge in [0.15, 0.2) is 0 Å². The number of rotatable bonds is 5. The third kappa shape index (κ3) is 3.59. The van der Waals surface area contributed by atoms with Crippen LogP contribution in [0.1, 0.15) is 30.9 Å². The first-order chi connectivity index (χ1) is 7.91. The van der Waals surface area contributed by atoms with Gasteiger partial charge in [-0.2, -0.15) is 0 Å². The molecule has 1 rings (SSSR count). The Morgan fingerprint density at radius 2 is 1.59 bits per heavy atom. The van der Waals surface area contributed by atoms with Gasteiger partial charge in [0.1, 0.15) is 0 Å². The summed E-state index contributed by atoms with van der Waals surface area (Å²) in [6.07, 6.45) is 0.377. The minimum atomic E-state index is -1.12. The molecule has 0 bridgehead atoms. The maximum atomic E-state index is 10.7. The molecule has 0 aromatic heterocycles. The van der Waals surface area contributed by atoms with Crippen molar-refractivity contribution in [2.45, 2.75) is 26.2 Å². The van der Waals surface area contributed by atoms with Gasteiger partial charge in [-0.1, -0.05) is 38.1 Å². The van der Waals surface area contributed by atoms with Crippen molar-refractivity contribution in [2.75, 3.05) is 0 Å². The summed E-state index contributed by atoms with van der Waals surface area (Å²) in [7, 11) is 0. The van der Waals surface area contributed by atoms with Crippen molar-refractivity contribution in [1.82, 2.24) is 0 Å². The van der Waals surface area contributed by atoms with E-state index in [1.54, 1.807) is 38.1 Å². The Morgan fingerprint density at radius 1 is 1.06 bits per heavy atom. The van der Waals surface area contributed by atoms with Gasteiger partial charge in [0.2, 0.25) is 0 Å². The molecular weight excluding hydrogens is 220 g/mol. The van der Waals surface area contributed by atoms with Crippen LogP contribution < -0.4 is 10.2 Å². The molecular formula is C13H14O4-2. The number of aliphatic carboxylic acids is 2. The fourth-order valence-electron chi connectivity index (χ4n) is 1.52. The predicted molar refractivity (Wildman–Crippen MR) is 57.7 cm³/mol. The largest absolute Gasteiger partial charge is 0.550 e. The summed E-state index contributed by atoms with van der Waals surface area (Å²) >= 11 is 0. The highest BCUT2D eigenvalue weighted by molar-refractivity contribution is 5.73. The van der Waals surface area contributed by atoms with E-state index in [-0.39, 0.29) is 0 Å². The summed E-state index contributed by atoms with van der Waals surface area (Å²) in [5.74, 6) is -3.43. The molecule has 4 heteroatoms. The van der Waals surface area contributed by atoms with E-state index in [1.165, 1.54) is 0 Å². The average molecular weight is 234 g/mol. The minimum absolute atomic E-state index is 0.377. The zero-order chi connectivity index (χ0) is 13.0. The SMILES string of the molecule is CC(Cc1ccc(C(C)C(=O)[O-])cc1)C(=O)[O-]. The first-order valence-electron chi connectivity index (χ1n) is 5.42. The Balaban J connectivity index is 2.75. The predicted octanol–water partition coefficient (Wildman–Crippen LogP) is -0.532. The zero-order valence-corrected chi connectivity index (χ0v) is 9.80. The fraction of sp³-hybridized carbons (Fsp3) is 0.385. The first kappa shape index (κ1) is 13.2. The van der Waals surface area contributed by atoms with E-state index < -0.39 is 23.8 Å². The molecule has 0 aliphatic carbocycles. The third-order valence-electron chi connectivity index (χ3n) is 2.78. The van der Waals surface area contributed by atoms with Crippen LogP contribution in [-0.4, -0.2) is 11.9 Å². The number of hydrogen-bond donors (Lipinski definition) is 0. The Hall–Kier alpha value is -1.84. The van der Waals surface area contributed by atoms with Crippen molar-refractivity contribution in [2.24, 2.45) is 5.92 Å². The van der Waals surface area contributed by atoms with Crippen LogP contribution >= 0.6 is 0 Å². The molecule has 0 amide bonds. The van der Waals surface area contributed by atoms with Crippen LogP contribution in [0.25, 0.3) is 0 Å². The van der Waals surface area contributed by atoms with Crippen LogP contribution in [0.3, 0.4) is 0 Å². The van der Waals surface area contributed by atoms with Gasteiger partial charge in [-0.3, -0.25) is 0 Å². The lowest BCUT2D eigenvalue weighted by molar-refractivity contribution is -0.311. The maximum absolute atomic E-state index is 10.7. The molecule has 1 aromatic carbocycles. The molecule has 1 aromatic rings. The quantitative estimate of drug-likeness (QED) is 0.685. The fourth-order valence-corrected chi connectivity index (χ4v) is 1.52. The molecule has 0 N–H and O–H groups in total. The minimum Gasteiger partial charge on any atom is -0.550 e. The molecule has 4 nitrogen and oxygen atoms in total. The molecule has 0 radical (unpaired) electrons. The molecule has 0 aliphatic heterocycles. The lowest BCUT2D eigenvalue weighted by Crippen LogP contribution is -2.30. The van der Waals surface area contributed by atoms with Crippen LogP contribution in [0.5, 0.6) is 0 Å². The van der Waals surface area contributed by atoms with Crippen molar-refractivity contribution in [3.8, 4) is 0 Å². The lowest BCUT2D eigenvalue weighted by atomic mass is 9.96. The molecule has 2 unspecified atom stereocenters. The molecule has 0 saturated carbocycles. The van der Waals surface area contributed by atoms with Gasteiger partial charge in [0.25, 0.3) is 0 Å². The van der Waals surface area contributed by atoms with Crippen molar-refractivity contribution in [3.05, 3.63) is 35.4 Å². The highest BCUT2D eigenvalue weighted by atomic mass is 16.4. The van der Waals surface area contributed by atoms with E-state index in [9.17, 15) is 19.8 Å². The van der Waals surface area contributed by atoms with Gasteiger partial charge < -0.3 is 19.8 Å². The lowest BCUT2D eigenvalue weighted by Gasteiger charge is -2.15. The molecule has 2 atom stereocenters. The molecule has 0 fully saturated rings. The Morgan fingerprint density at radius 3 is 2.00 bits per heavy atom. The zero-order valence-electron chi connectivity index (χ0n) is 9.80. The highest BCUT2D eigenvalue weighted by Gasteiger charge is 2.08. The van der Waals surface area contributed by atoms with Gasteiger partial charge in [-0.05, 0) is 23.5 Å². The van der Waals surface area contributed by atoms with Crippen molar-refractivity contribution in [3.63, 3.8) is 0 Å². The summed E-state index contributed by atoms with van der Waals surface area (Å²) < 4.78 is 0. The number of benzene rings is 1. The summed E-state index contributed by atoms with van der Waals surface area (Å²) in [5, 5.41) is 21.2. The summed E-state index contributed by atoms with van der Waals surface area (Å²) in [5.41, 5.74) is 1.49. The van der Waals surface area contributed by atoms with Gasteiger partial charge in [-0.15, -0.1) is 0 Å². The van der Waals surface area contributed by atoms with Crippen LogP contribution in [0.2, 0.25) is 0 Å². The second kappa shape index (κ2) is 5.48. The number of hydrogen-bond acceptors (Lipinski definition) is 4. The van der Waals surface area contributed by atoms with Crippen molar-refractivity contribution < 1.29 is 19.8 Å². The van der Waals surface area contributed by atoms with E-state index in [4.69, 9.17) is 0 Å². The molecule has 0 spiro atoms. The third-order valence-corrected chi connectivity index (χ3v) is 2.78. The van der Waals surface area contributed by atoms with Crippen LogP contribution in [-0.2, 0) is 16.0 Å². The average Bonchev–Trinajstić information content (AvgIpc) is 2.28. The second-order valence-electron chi connectivity index (χ2n) is 4.21.